The normalized spacial score (nSPS) is 15.3. The fourth-order valence-electron chi connectivity index (χ4n) is 2.76. The Morgan fingerprint density at radius 3 is 2.62 bits per heavy atom. The number of carbonyl (C=O) groups excluding carboxylic acids is 1. The molecule has 1 aromatic heterocycles. The van der Waals surface area contributed by atoms with Gasteiger partial charge in [-0.15, -0.1) is 12.4 Å². The van der Waals surface area contributed by atoms with E-state index in [-0.39, 0.29) is 36.8 Å². The summed E-state index contributed by atoms with van der Waals surface area (Å²) in [6, 6.07) is 5.48. The Hall–Kier alpha value is -2.23. The first-order valence-corrected chi connectivity index (χ1v) is 8.19. The molecular formula is C16H22ClFN6O2. The van der Waals surface area contributed by atoms with E-state index in [2.05, 4.69) is 25.7 Å². The maximum atomic E-state index is 12.9. The largest absolute Gasteiger partial charge is 0.338 e. The Labute approximate surface area is 156 Å². The molecule has 8 nitrogen and oxygen atoms in total. The summed E-state index contributed by atoms with van der Waals surface area (Å²) in [4.78, 5) is 18.4. The van der Waals surface area contributed by atoms with E-state index >= 15 is 0 Å². The van der Waals surface area contributed by atoms with Crippen LogP contribution in [0.4, 0.5) is 14.9 Å². The second kappa shape index (κ2) is 9.46. The van der Waals surface area contributed by atoms with Crippen molar-refractivity contribution in [3.8, 4) is 0 Å². The highest BCUT2D eigenvalue weighted by Crippen LogP contribution is 2.14. The minimum atomic E-state index is -0.335. The summed E-state index contributed by atoms with van der Waals surface area (Å²) in [6.45, 7) is 2.50. The van der Waals surface area contributed by atoms with Gasteiger partial charge in [0.25, 0.3) is 0 Å². The van der Waals surface area contributed by atoms with Crippen molar-refractivity contribution in [3.05, 3.63) is 41.8 Å². The van der Waals surface area contributed by atoms with Crippen molar-refractivity contribution in [1.82, 2.24) is 20.4 Å². The Balaban J connectivity index is 0.00000243. The Morgan fingerprint density at radius 1 is 1.31 bits per heavy atom. The van der Waals surface area contributed by atoms with E-state index in [0.717, 1.165) is 25.9 Å². The van der Waals surface area contributed by atoms with Gasteiger partial charge in [0.15, 0.2) is 5.82 Å². The molecule has 0 saturated carbocycles. The summed E-state index contributed by atoms with van der Waals surface area (Å²) in [5.41, 5.74) is 6.01. The van der Waals surface area contributed by atoms with Crippen molar-refractivity contribution in [3.63, 3.8) is 0 Å². The highest BCUT2D eigenvalue weighted by molar-refractivity contribution is 5.89. The number of nitrogens with two attached hydrogens (primary N) is 1. The van der Waals surface area contributed by atoms with E-state index in [1.165, 1.54) is 24.3 Å². The summed E-state index contributed by atoms with van der Waals surface area (Å²) in [7, 11) is 0. The van der Waals surface area contributed by atoms with E-state index in [9.17, 15) is 9.18 Å². The van der Waals surface area contributed by atoms with Gasteiger partial charge >= 0.3 is 6.03 Å². The number of hydrogen-bond donors (Lipinski definition) is 3. The number of likely N-dealkylation sites (tertiary alicyclic amines) is 1. The van der Waals surface area contributed by atoms with Crippen LogP contribution in [0, 0.1) is 5.82 Å². The molecular weight excluding hydrogens is 363 g/mol. The Kier molecular flexibility index (Phi) is 7.31. The molecule has 4 N–H and O–H groups in total. The van der Waals surface area contributed by atoms with Gasteiger partial charge in [0.1, 0.15) is 5.82 Å². The fraction of sp³-hybridized carbons (Fsp3) is 0.438. The topological polar surface area (TPSA) is 109 Å². The van der Waals surface area contributed by atoms with Crippen molar-refractivity contribution in [2.45, 2.75) is 32.0 Å². The molecule has 1 aromatic carbocycles. The van der Waals surface area contributed by atoms with Crippen LogP contribution in [0.25, 0.3) is 0 Å². The highest BCUT2D eigenvalue weighted by atomic mass is 35.5. The number of piperidine rings is 1. The molecule has 1 saturated heterocycles. The first-order chi connectivity index (χ1) is 12.1. The van der Waals surface area contributed by atoms with E-state index in [4.69, 9.17) is 10.3 Å². The number of nitrogens with one attached hydrogen (secondary N) is 2. The van der Waals surface area contributed by atoms with E-state index in [1.54, 1.807) is 0 Å². The molecule has 2 aromatic rings. The van der Waals surface area contributed by atoms with Gasteiger partial charge in [-0.1, -0.05) is 5.16 Å². The molecule has 2 heterocycles. The number of nitrogens with zero attached hydrogens (tertiary/aromatic N) is 3. The lowest BCUT2D eigenvalue weighted by molar-refractivity contribution is 0.184. The number of benzene rings is 1. The van der Waals surface area contributed by atoms with Crippen LogP contribution >= 0.6 is 12.4 Å². The molecule has 3 rings (SSSR count). The van der Waals surface area contributed by atoms with Crippen LogP contribution in [-0.4, -0.2) is 40.2 Å². The maximum Gasteiger partial charge on any atom is 0.319 e. The molecule has 0 atom stereocenters. The Bertz CT molecular complexity index is 703. The summed E-state index contributed by atoms with van der Waals surface area (Å²) in [5.74, 6) is 0.725. The van der Waals surface area contributed by atoms with Crippen LogP contribution in [0.3, 0.4) is 0 Å². The van der Waals surface area contributed by atoms with Crippen LogP contribution in [0.1, 0.15) is 24.6 Å². The van der Waals surface area contributed by atoms with Crippen molar-refractivity contribution < 1.29 is 13.7 Å². The number of anilines is 1. The van der Waals surface area contributed by atoms with Crippen molar-refractivity contribution in [2.24, 2.45) is 5.73 Å². The molecule has 0 bridgehead atoms. The lowest BCUT2D eigenvalue weighted by Crippen LogP contribution is -2.45. The second-order valence-electron chi connectivity index (χ2n) is 5.96. The quantitative estimate of drug-likeness (QED) is 0.726. The van der Waals surface area contributed by atoms with Crippen LogP contribution < -0.4 is 16.4 Å². The third-order valence-corrected chi connectivity index (χ3v) is 4.07. The van der Waals surface area contributed by atoms with Crippen LogP contribution in [-0.2, 0) is 13.1 Å². The number of amides is 2. The summed E-state index contributed by atoms with van der Waals surface area (Å²) in [5, 5.41) is 9.53. The molecule has 0 unspecified atom stereocenters. The number of urea groups is 1. The molecule has 142 valence electrons. The van der Waals surface area contributed by atoms with Crippen LogP contribution in [0.15, 0.2) is 28.8 Å². The minimum absolute atomic E-state index is 0. The zero-order chi connectivity index (χ0) is 17.6. The van der Waals surface area contributed by atoms with E-state index < -0.39 is 0 Å². The van der Waals surface area contributed by atoms with Crippen molar-refractivity contribution >= 4 is 24.1 Å². The summed E-state index contributed by atoms with van der Waals surface area (Å²) >= 11 is 0. The van der Waals surface area contributed by atoms with Crippen molar-refractivity contribution in [1.29, 1.82) is 0 Å². The van der Waals surface area contributed by atoms with Crippen molar-refractivity contribution in [2.75, 3.05) is 18.4 Å². The summed E-state index contributed by atoms with van der Waals surface area (Å²) < 4.78 is 17.8. The van der Waals surface area contributed by atoms with E-state index in [1.807, 2.05) is 0 Å². The van der Waals surface area contributed by atoms with Gasteiger partial charge < -0.3 is 20.9 Å². The van der Waals surface area contributed by atoms with Gasteiger partial charge in [-0.25, -0.2) is 9.18 Å². The summed E-state index contributed by atoms with van der Waals surface area (Å²) in [6.07, 6.45) is 1.66. The second-order valence-corrected chi connectivity index (χ2v) is 5.96. The standard InChI is InChI=1S/C16H21FN6O2.ClH/c17-11-1-3-12(4-2-11)19-16(24)20-13-5-7-23(8-6-13)10-14-21-15(9-18)25-22-14;/h1-4,13H,5-10,18H2,(H2,19,20,24);1H. The molecule has 10 heteroatoms. The van der Waals surface area contributed by atoms with Gasteiger partial charge in [0.2, 0.25) is 5.89 Å². The predicted molar refractivity (Wildman–Crippen MR) is 96.3 cm³/mol. The lowest BCUT2D eigenvalue weighted by Gasteiger charge is -2.31. The molecule has 2 amide bonds. The zero-order valence-corrected chi connectivity index (χ0v) is 15.0. The zero-order valence-electron chi connectivity index (χ0n) is 14.2. The van der Waals surface area contributed by atoms with Gasteiger partial charge in [0.05, 0.1) is 13.1 Å². The maximum absolute atomic E-state index is 12.9. The van der Waals surface area contributed by atoms with Crippen LogP contribution in [0.2, 0.25) is 0 Å². The SMILES string of the molecule is Cl.NCc1nc(CN2CCC(NC(=O)Nc3ccc(F)cc3)CC2)no1. The minimum Gasteiger partial charge on any atom is -0.338 e. The number of aromatic nitrogens is 2. The molecule has 1 aliphatic rings. The first-order valence-electron chi connectivity index (χ1n) is 8.19. The van der Waals surface area contributed by atoms with Gasteiger partial charge in [-0.05, 0) is 37.1 Å². The van der Waals surface area contributed by atoms with Gasteiger partial charge in [-0.3, -0.25) is 4.90 Å². The van der Waals surface area contributed by atoms with E-state index in [0.29, 0.717) is 23.9 Å². The molecule has 26 heavy (non-hydrogen) atoms. The predicted octanol–water partition coefficient (Wildman–Crippen LogP) is 1.88. The van der Waals surface area contributed by atoms with Gasteiger partial charge in [0, 0.05) is 24.8 Å². The van der Waals surface area contributed by atoms with Crippen LogP contribution in [0.5, 0.6) is 0 Å². The fourth-order valence-corrected chi connectivity index (χ4v) is 2.76. The Morgan fingerprint density at radius 2 is 2.00 bits per heavy atom. The molecule has 1 aliphatic heterocycles. The first kappa shape index (κ1) is 20.1. The average molecular weight is 385 g/mol. The number of halogens is 2. The average Bonchev–Trinajstić information content (AvgIpc) is 3.06. The third kappa shape index (κ3) is 5.65. The smallest absolute Gasteiger partial charge is 0.319 e. The highest BCUT2D eigenvalue weighted by Gasteiger charge is 2.22. The lowest BCUT2D eigenvalue weighted by atomic mass is 10.1. The number of hydrogen-bond acceptors (Lipinski definition) is 6. The monoisotopic (exact) mass is 384 g/mol. The molecule has 0 spiro atoms. The number of carbonyl (C=O) groups is 1. The number of rotatable bonds is 5. The van der Waals surface area contributed by atoms with Gasteiger partial charge in [-0.2, -0.15) is 4.98 Å². The molecule has 1 fully saturated rings. The molecule has 0 radical (unpaired) electrons. The molecule has 0 aliphatic carbocycles. The third-order valence-electron chi connectivity index (χ3n) is 4.07.